The second-order valence-corrected chi connectivity index (χ2v) is 18.9. The fraction of sp³-hybridized carbons (Fsp3) is 0.672. The van der Waals surface area contributed by atoms with Gasteiger partial charge in [-0.25, -0.2) is 0 Å². The number of allylic oxidation sites excluding steroid dienone is 18. The Kier molecular flexibility index (Phi) is 54.4. The van der Waals surface area contributed by atoms with Gasteiger partial charge < -0.3 is 14.2 Å². The van der Waals surface area contributed by atoms with Gasteiger partial charge >= 0.3 is 17.9 Å². The maximum absolute atomic E-state index is 12.9. The quantitative estimate of drug-likeness (QED) is 0.0199. The Morgan fingerprint density at radius 1 is 0.314 bits per heavy atom. The molecule has 0 aliphatic heterocycles. The monoisotopic (exact) mass is 971 g/mol. The number of carbonyl (C=O) groups excluding carboxylic acids is 3. The minimum absolute atomic E-state index is 0.0982. The first-order valence-electron chi connectivity index (χ1n) is 28.9. The predicted molar refractivity (Wildman–Crippen MR) is 302 cm³/mol. The van der Waals surface area contributed by atoms with Crippen LogP contribution >= 0.6 is 0 Å². The Bertz CT molecular complexity index is 1440. The lowest BCUT2D eigenvalue weighted by Crippen LogP contribution is -2.30. The minimum atomic E-state index is -0.805. The summed E-state index contributed by atoms with van der Waals surface area (Å²) in [5.41, 5.74) is 0. The molecular formula is C64H106O6. The van der Waals surface area contributed by atoms with E-state index in [0.29, 0.717) is 19.3 Å². The van der Waals surface area contributed by atoms with Gasteiger partial charge in [-0.3, -0.25) is 14.4 Å². The first-order valence-corrected chi connectivity index (χ1v) is 28.9. The number of esters is 3. The second-order valence-electron chi connectivity index (χ2n) is 18.9. The summed E-state index contributed by atoms with van der Waals surface area (Å²) in [6, 6.07) is 0. The molecule has 0 amide bonds. The van der Waals surface area contributed by atoms with E-state index in [1.165, 1.54) is 96.3 Å². The summed E-state index contributed by atoms with van der Waals surface area (Å²) < 4.78 is 16.8. The van der Waals surface area contributed by atoms with Gasteiger partial charge in [0.2, 0.25) is 0 Å². The van der Waals surface area contributed by atoms with Crippen LogP contribution in [0.15, 0.2) is 109 Å². The Balaban J connectivity index is 4.51. The molecule has 0 aromatic rings. The summed E-state index contributed by atoms with van der Waals surface area (Å²) in [4.78, 5) is 38.2. The molecule has 0 saturated heterocycles. The van der Waals surface area contributed by atoms with Gasteiger partial charge in [-0.2, -0.15) is 0 Å². The summed E-state index contributed by atoms with van der Waals surface area (Å²) in [5.74, 6) is -0.952. The molecule has 0 saturated carbocycles. The minimum Gasteiger partial charge on any atom is -0.462 e. The van der Waals surface area contributed by atoms with Crippen LogP contribution in [0.1, 0.15) is 258 Å². The summed E-state index contributed by atoms with van der Waals surface area (Å²) >= 11 is 0. The average molecular weight is 972 g/mol. The van der Waals surface area contributed by atoms with Crippen molar-refractivity contribution in [3.05, 3.63) is 109 Å². The zero-order valence-corrected chi connectivity index (χ0v) is 45.5. The third kappa shape index (κ3) is 55.0. The number of unbranched alkanes of at least 4 members (excludes halogenated alkanes) is 25. The Morgan fingerprint density at radius 2 is 0.614 bits per heavy atom. The van der Waals surface area contributed by atoms with E-state index in [0.717, 1.165) is 122 Å². The maximum Gasteiger partial charge on any atom is 0.306 e. The first kappa shape index (κ1) is 66.1. The molecule has 398 valence electrons. The zero-order valence-electron chi connectivity index (χ0n) is 45.5. The molecule has 0 N–H and O–H groups in total. The molecule has 0 aliphatic rings. The van der Waals surface area contributed by atoms with Gasteiger partial charge in [0.1, 0.15) is 13.2 Å². The van der Waals surface area contributed by atoms with Crippen molar-refractivity contribution in [2.24, 2.45) is 0 Å². The lowest BCUT2D eigenvalue weighted by atomic mass is 10.0. The van der Waals surface area contributed by atoms with Gasteiger partial charge in [0.25, 0.3) is 0 Å². The molecule has 0 aliphatic carbocycles. The second kappa shape index (κ2) is 57.6. The van der Waals surface area contributed by atoms with Crippen molar-refractivity contribution in [1.29, 1.82) is 0 Å². The number of carbonyl (C=O) groups is 3. The molecule has 1 unspecified atom stereocenters. The van der Waals surface area contributed by atoms with Gasteiger partial charge in [0, 0.05) is 19.3 Å². The van der Waals surface area contributed by atoms with Gasteiger partial charge in [0.05, 0.1) is 0 Å². The van der Waals surface area contributed by atoms with Gasteiger partial charge in [-0.15, -0.1) is 0 Å². The van der Waals surface area contributed by atoms with Gasteiger partial charge in [-0.05, 0) is 89.9 Å². The van der Waals surface area contributed by atoms with E-state index >= 15 is 0 Å². The standard InChI is InChI=1S/C64H106O6/c1-4-7-10-13-16-19-22-25-28-30-32-34-36-39-42-45-48-51-54-57-63(66)69-60-61(59-68-62(65)56-53-50-47-44-41-38-35-27-24-21-18-15-12-9-6-3)70-64(67)58-55-52-49-46-43-40-37-33-31-29-26-23-20-17-14-11-8-5-2/h7,10,16-17,19-20,23,25-26,28-29,31-34,37,39,42,61H,4-6,8-9,11-15,18,21-22,24,27,30,35-36,38,40-41,43-60H2,1-3H3/b10-7-,19-16-,20-17-,26-23-,28-25-,31-29-,34-32-,37-33-,42-39-. The molecule has 0 aromatic carbocycles. The Hall–Kier alpha value is -3.93. The average Bonchev–Trinajstić information content (AvgIpc) is 3.36. The highest BCUT2D eigenvalue weighted by Gasteiger charge is 2.19. The van der Waals surface area contributed by atoms with Crippen LogP contribution in [-0.4, -0.2) is 37.2 Å². The van der Waals surface area contributed by atoms with E-state index in [1.54, 1.807) is 0 Å². The molecule has 70 heavy (non-hydrogen) atoms. The maximum atomic E-state index is 12.9. The largest absolute Gasteiger partial charge is 0.462 e. The molecular weight excluding hydrogens is 865 g/mol. The number of ether oxygens (including phenoxy) is 3. The summed E-state index contributed by atoms with van der Waals surface area (Å²) in [5, 5.41) is 0. The summed E-state index contributed by atoms with van der Waals surface area (Å²) in [6.07, 6.45) is 77.8. The number of rotatable bonds is 51. The molecule has 0 heterocycles. The normalized spacial score (nSPS) is 12.9. The topological polar surface area (TPSA) is 78.9 Å². The lowest BCUT2D eigenvalue weighted by Gasteiger charge is -2.18. The fourth-order valence-corrected chi connectivity index (χ4v) is 7.77. The summed E-state index contributed by atoms with van der Waals surface area (Å²) in [6.45, 7) is 6.45. The van der Waals surface area contributed by atoms with Crippen LogP contribution in [0.3, 0.4) is 0 Å². The highest BCUT2D eigenvalue weighted by atomic mass is 16.6. The molecule has 0 aromatic heterocycles. The third-order valence-electron chi connectivity index (χ3n) is 12.1. The van der Waals surface area contributed by atoms with E-state index < -0.39 is 6.10 Å². The van der Waals surface area contributed by atoms with Crippen molar-refractivity contribution in [2.45, 2.75) is 264 Å². The molecule has 0 bridgehead atoms. The van der Waals surface area contributed by atoms with Crippen LogP contribution in [0.4, 0.5) is 0 Å². The Morgan fingerprint density at radius 3 is 1.04 bits per heavy atom. The van der Waals surface area contributed by atoms with Crippen molar-refractivity contribution >= 4 is 17.9 Å². The smallest absolute Gasteiger partial charge is 0.306 e. The zero-order chi connectivity index (χ0) is 50.7. The van der Waals surface area contributed by atoms with Crippen molar-refractivity contribution in [1.82, 2.24) is 0 Å². The predicted octanol–water partition coefficient (Wildman–Crippen LogP) is 19.5. The van der Waals surface area contributed by atoms with Crippen molar-refractivity contribution < 1.29 is 28.6 Å². The molecule has 6 nitrogen and oxygen atoms in total. The van der Waals surface area contributed by atoms with Crippen LogP contribution in [-0.2, 0) is 28.6 Å². The molecule has 1 atom stereocenters. The Labute approximate surface area is 431 Å². The van der Waals surface area contributed by atoms with E-state index in [4.69, 9.17) is 14.2 Å². The van der Waals surface area contributed by atoms with Gasteiger partial charge in [-0.1, -0.05) is 259 Å². The van der Waals surface area contributed by atoms with Crippen molar-refractivity contribution in [3.8, 4) is 0 Å². The molecule has 0 rings (SSSR count). The molecule has 0 fully saturated rings. The van der Waals surface area contributed by atoms with Crippen LogP contribution < -0.4 is 0 Å². The SMILES string of the molecule is CC/C=C\C/C=C\C/C=C\C/C=C\C/C=C\CCCCCC(=O)OCC(COC(=O)CCCCCCCCCCCCCCCCC)OC(=O)CCCCCCC\C=C/C=C\C=C/C=C\CCCCC. The first-order chi connectivity index (χ1) is 34.5. The van der Waals surface area contributed by atoms with E-state index in [2.05, 4.69) is 130 Å². The van der Waals surface area contributed by atoms with Crippen molar-refractivity contribution in [3.63, 3.8) is 0 Å². The molecule has 0 spiro atoms. The van der Waals surface area contributed by atoms with Crippen LogP contribution in [0.2, 0.25) is 0 Å². The van der Waals surface area contributed by atoms with E-state index in [-0.39, 0.29) is 31.1 Å². The summed E-state index contributed by atoms with van der Waals surface area (Å²) in [7, 11) is 0. The van der Waals surface area contributed by atoms with Crippen LogP contribution in [0.25, 0.3) is 0 Å². The fourth-order valence-electron chi connectivity index (χ4n) is 7.77. The van der Waals surface area contributed by atoms with E-state index in [1.807, 2.05) is 0 Å². The highest BCUT2D eigenvalue weighted by molar-refractivity contribution is 5.71. The number of hydrogen-bond acceptors (Lipinski definition) is 6. The molecule has 6 heteroatoms. The number of hydrogen-bond donors (Lipinski definition) is 0. The van der Waals surface area contributed by atoms with Gasteiger partial charge in [0.15, 0.2) is 6.10 Å². The van der Waals surface area contributed by atoms with E-state index in [9.17, 15) is 14.4 Å². The van der Waals surface area contributed by atoms with Crippen LogP contribution in [0, 0.1) is 0 Å². The molecule has 0 radical (unpaired) electrons. The van der Waals surface area contributed by atoms with Crippen LogP contribution in [0.5, 0.6) is 0 Å². The third-order valence-corrected chi connectivity index (χ3v) is 12.1. The van der Waals surface area contributed by atoms with Crippen molar-refractivity contribution in [2.75, 3.05) is 13.2 Å². The highest BCUT2D eigenvalue weighted by Crippen LogP contribution is 2.15. The lowest BCUT2D eigenvalue weighted by molar-refractivity contribution is -0.167.